The fourth-order valence-electron chi connectivity index (χ4n) is 9.32. The first-order valence-corrected chi connectivity index (χ1v) is 13.4. The lowest BCUT2D eigenvalue weighted by Gasteiger charge is -2.63. The topological polar surface area (TPSA) is 54.4 Å². The SMILES string of the molecule is C/C(=C/CC[C@H](C)[C@H]1CC[C@]2(C)C3=CC[C@H]4C(C)(C)C(=O)CC[C@]4(C)[C@H]3CC[C@@]12C)C(=O)O. The first-order chi connectivity index (χ1) is 15.3. The van der Waals surface area contributed by atoms with Crippen LogP contribution in [0.25, 0.3) is 0 Å². The van der Waals surface area contributed by atoms with Crippen molar-refractivity contribution in [1.82, 2.24) is 0 Å². The summed E-state index contributed by atoms with van der Waals surface area (Å²) in [6.07, 6.45) is 14.4. The Labute approximate surface area is 201 Å². The molecule has 0 aromatic carbocycles. The molecule has 0 bridgehead atoms. The Hall–Kier alpha value is -1.38. The molecular weight excluding hydrogens is 408 g/mol. The summed E-state index contributed by atoms with van der Waals surface area (Å²) in [7, 11) is 0. The Bertz CT molecular complexity index is 894. The number of ketones is 1. The summed E-state index contributed by atoms with van der Waals surface area (Å²) >= 11 is 0. The highest BCUT2D eigenvalue weighted by Gasteiger charge is 2.65. The van der Waals surface area contributed by atoms with Crippen LogP contribution in [-0.2, 0) is 9.59 Å². The van der Waals surface area contributed by atoms with E-state index in [2.05, 4.69) is 47.6 Å². The van der Waals surface area contributed by atoms with Crippen molar-refractivity contribution in [3.8, 4) is 0 Å². The maximum atomic E-state index is 12.8. The number of carboxylic acid groups (broad SMARTS) is 1. The molecule has 3 saturated carbocycles. The average molecular weight is 455 g/mol. The maximum Gasteiger partial charge on any atom is 0.330 e. The van der Waals surface area contributed by atoms with Crippen LogP contribution in [0, 0.1) is 45.3 Å². The molecule has 0 radical (unpaired) electrons. The number of rotatable bonds is 5. The van der Waals surface area contributed by atoms with E-state index in [0.29, 0.717) is 40.4 Å². The van der Waals surface area contributed by atoms with Gasteiger partial charge in [0.25, 0.3) is 0 Å². The summed E-state index contributed by atoms with van der Waals surface area (Å²) < 4.78 is 0. The Balaban J connectivity index is 1.59. The van der Waals surface area contributed by atoms with Gasteiger partial charge in [-0.05, 0) is 98.2 Å². The molecule has 4 aliphatic rings. The largest absolute Gasteiger partial charge is 0.478 e. The van der Waals surface area contributed by atoms with Crippen LogP contribution in [0.3, 0.4) is 0 Å². The third kappa shape index (κ3) is 3.50. The van der Waals surface area contributed by atoms with Gasteiger partial charge in [0.1, 0.15) is 5.78 Å². The molecule has 3 nitrogen and oxygen atoms in total. The molecule has 3 fully saturated rings. The lowest BCUT2D eigenvalue weighted by molar-refractivity contribution is -0.146. The zero-order valence-corrected chi connectivity index (χ0v) is 22.1. The fraction of sp³-hybridized carbons (Fsp3) is 0.800. The van der Waals surface area contributed by atoms with Crippen molar-refractivity contribution in [3.05, 3.63) is 23.3 Å². The van der Waals surface area contributed by atoms with Crippen LogP contribution in [-0.4, -0.2) is 16.9 Å². The molecule has 7 atom stereocenters. The van der Waals surface area contributed by atoms with Gasteiger partial charge < -0.3 is 5.11 Å². The second kappa shape index (κ2) is 8.09. The van der Waals surface area contributed by atoms with Crippen molar-refractivity contribution in [2.75, 3.05) is 0 Å². The van der Waals surface area contributed by atoms with E-state index in [9.17, 15) is 9.59 Å². The number of allylic oxidation sites excluding steroid dienone is 3. The second-order valence-electron chi connectivity index (χ2n) is 13.3. The number of fused-ring (bicyclic) bond motifs is 5. The highest BCUT2D eigenvalue weighted by molar-refractivity contribution is 5.86. The van der Waals surface area contributed by atoms with Gasteiger partial charge in [-0.15, -0.1) is 0 Å². The Kier molecular flexibility index (Phi) is 6.07. The second-order valence-corrected chi connectivity index (χ2v) is 13.3. The number of carbonyl (C=O) groups is 2. The molecule has 0 aliphatic heterocycles. The average Bonchev–Trinajstić information content (AvgIpc) is 3.02. The molecule has 0 heterocycles. The first kappa shape index (κ1) is 24.7. The van der Waals surface area contributed by atoms with Crippen molar-refractivity contribution in [1.29, 1.82) is 0 Å². The summed E-state index contributed by atoms with van der Waals surface area (Å²) in [6, 6.07) is 0. The van der Waals surface area contributed by atoms with Crippen LogP contribution in [0.2, 0.25) is 0 Å². The summed E-state index contributed by atoms with van der Waals surface area (Å²) in [5.74, 6) is 2.05. The Morgan fingerprint density at radius 2 is 1.85 bits per heavy atom. The highest BCUT2D eigenvalue weighted by atomic mass is 16.4. The predicted molar refractivity (Wildman–Crippen MR) is 134 cm³/mol. The number of aliphatic carboxylic acids is 1. The predicted octanol–water partition coefficient (Wildman–Crippen LogP) is 7.61. The molecule has 0 unspecified atom stereocenters. The lowest BCUT2D eigenvalue weighted by atomic mass is 9.41. The summed E-state index contributed by atoms with van der Waals surface area (Å²) in [5, 5.41) is 9.16. The molecule has 4 rings (SSSR count). The molecule has 1 N–H and O–H groups in total. The highest BCUT2D eigenvalue weighted by Crippen LogP contribution is 2.73. The van der Waals surface area contributed by atoms with Gasteiger partial charge >= 0.3 is 5.97 Å². The van der Waals surface area contributed by atoms with Gasteiger partial charge in [0, 0.05) is 17.4 Å². The fourth-order valence-corrected chi connectivity index (χ4v) is 9.32. The molecule has 184 valence electrons. The Morgan fingerprint density at radius 3 is 2.52 bits per heavy atom. The van der Waals surface area contributed by atoms with E-state index in [1.807, 2.05) is 6.08 Å². The molecule has 0 amide bonds. The third-order valence-electron chi connectivity index (χ3n) is 11.7. The van der Waals surface area contributed by atoms with Crippen LogP contribution >= 0.6 is 0 Å². The van der Waals surface area contributed by atoms with Gasteiger partial charge in [-0.3, -0.25) is 4.79 Å². The van der Waals surface area contributed by atoms with Gasteiger partial charge in [0.15, 0.2) is 0 Å². The molecule has 0 aromatic heterocycles. The number of hydrogen-bond donors (Lipinski definition) is 1. The third-order valence-corrected chi connectivity index (χ3v) is 11.7. The monoisotopic (exact) mass is 454 g/mol. The minimum absolute atomic E-state index is 0.203. The number of Topliss-reactive ketones (excluding diaryl/α,β-unsaturated/α-hetero) is 1. The zero-order chi connectivity index (χ0) is 24.4. The Morgan fingerprint density at radius 1 is 1.15 bits per heavy atom. The van der Waals surface area contributed by atoms with Gasteiger partial charge in [0.05, 0.1) is 0 Å². The standard InChI is InChI=1S/C30H46O3/c1-19(9-8-10-20(2)26(32)33)21-13-17-30(7)23-11-12-24-27(3,4)25(31)15-16-28(24,5)22(23)14-18-29(21,30)6/h10-11,19,21-22,24H,8-9,12-18H2,1-7H3,(H,32,33)/b20-10-/t19-,21+,22-,24-,28+,29-,30+/m0/s1. The number of carbonyl (C=O) groups excluding carboxylic acids is 1. The van der Waals surface area contributed by atoms with E-state index in [1.165, 1.54) is 25.7 Å². The van der Waals surface area contributed by atoms with E-state index in [0.717, 1.165) is 32.1 Å². The van der Waals surface area contributed by atoms with Crippen molar-refractivity contribution in [3.63, 3.8) is 0 Å². The minimum atomic E-state index is -0.801. The normalized spacial score (nSPS) is 43.2. The number of carboxylic acids is 1. The quantitative estimate of drug-likeness (QED) is 0.343. The first-order valence-electron chi connectivity index (χ1n) is 13.4. The van der Waals surface area contributed by atoms with Gasteiger partial charge in [-0.2, -0.15) is 0 Å². The molecule has 0 aromatic rings. The van der Waals surface area contributed by atoms with Crippen LogP contribution in [0.5, 0.6) is 0 Å². The van der Waals surface area contributed by atoms with E-state index in [1.54, 1.807) is 12.5 Å². The molecule has 4 aliphatic carbocycles. The molecular formula is C30H46O3. The molecule has 0 saturated heterocycles. The van der Waals surface area contributed by atoms with Crippen LogP contribution in [0.1, 0.15) is 106 Å². The van der Waals surface area contributed by atoms with Crippen molar-refractivity contribution >= 4 is 11.8 Å². The summed E-state index contributed by atoms with van der Waals surface area (Å²) in [4.78, 5) is 23.9. The van der Waals surface area contributed by atoms with E-state index < -0.39 is 5.97 Å². The van der Waals surface area contributed by atoms with E-state index in [-0.39, 0.29) is 16.2 Å². The van der Waals surface area contributed by atoms with Crippen molar-refractivity contribution in [2.24, 2.45) is 45.3 Å². The number of hydrogen-bond acceptors (Lipinski definition) is 2. The summed E-state index contributed by atoms with van der Waals surface area (Å²) in [6.45, 7) is 16.2. The molecule has 33 heavy (non-hydrogen) atoms. The van der Waals surface area contributed by atoms with Crippen molar-refractivity contribution < 1.29 is 14.7 Å². The van der Waals surface area contributed by atoms with Crippen LogP contribution in [0.15, 0.2) is 23.3 Å². The molecule has 3 heteroatoms. The van der Waals surface area contributed by atoms with Crippen LogP contribution < -0.4 is 0 Å². The van der Waals surface area contributed by atoms with Gasteiger partial charge in [-0.1, -0.05) is 59.3 Å². The summed E-state index contributed by atoms with van der Waals surface area (Å²) in [5.41, 5.74) is 2.80. The smallest absolute Gasteiger partial charge is 0.330 e. The zero-order valence-electron chi connectivity index (χ0n) is 22.1. The maximum absolute atomic E-state index is 12.8. The van der Waals surface area contributed by atoms with Gasteiger partial charge in [0.2, 0.25) is 0 Å². The van der Waals surface area contributed by atoms with Gasteiger partial charge in [-0.25, -0.2) is 4.79 Å². The van der Waals surface area contributed by atoms with Crippen molar-refractivity contribution in [2.45, 2.75) is 106 Å². The minimum Gasteiger partial charge on any atom is -0.478 e. The van der Waals surface area contributed by atoms with E-state index in [4.69, 9.17) is 5.11 Å². The lowest BCUT2D eigenvalue weighted by Crippen LogP contribution is -2.57. The van der Waals surface area contributed by atoms with Crippen LogP contribution in [0.4, 0.5) is 0 Å². The van der Waals surface area contributed by atoms with E-state index >= 15 is 0 Å². The molecule has 0 spiro atoms.